The fourth-order valence-electron chi connectivity index (χ4n) is 0.926. The van der Waals surface area contributed by atoms with Crippen LogP contribution >= 0.6 is 38.5 Å². The number of hydrogen-bond acceptors (Lipinski definition) is 1. The summed E-state index contributed by atoms with van der Waals surface area (Å²) < 4.78 is 1.16. The Balaban J connectivity index is 2.89. The van der Waals surface area contributed by atoms with Gasteiger partial charge >= 0.3 is 0 Å². The summed E-state index contributed by atoms with van der Waals surface area (Å²) in [7, 11) is 0. The molecule has 0 saturated carbocycles. The summed E-state index contributed by atoms with van der Waals surface area (Å²) in [5, 5.41) is 3.14. The number of carbonyl (C=O) groups excluding carboxylic acids is 1. The number of hydrogen-bond donors (Lipinski definition) is 1. The van der Waals surface area contributed by atoms with Crippen molar-refractivity contribution in [2.45, 2.75) is 6.92 Å². The molecular weight excluding hydrogens is 345 g/mol. The predicted octanol–water partition coefficient (Wildman–Crippen LogP) is 2.93. The molecule has 0 aliphatic carbocycles. The van der Waals surface area contributed by atoms with E-state index >= 15 is 0 Å². The SMILES string of the molecule is Cc1c(I)cccc1NC(=O)CBr. The van der Waals surface area contributed by atoms with Crippen LogP contribution in [0.2, 0.25) is 0 Å². The molecule has 13 heavy (non-hydrogen) atoms. The third-order valence-electron chi connectivity index (χ3n) is 1.66. The summed E-state index contributed by atoms with van der Waals surface area (Å²) in [5.41, 5.74) is 1.99. The second kappa shape index (κ2) is 4.95. The Morgan fingerprint density at radius 2 is 2.31 bits per heavy atom. The number of amides is 1. The molecule has 1 rings (SSSR count). The molecule has 1 aromatic carbocycles. The Kier molecular flexibility index (Phi) is 4.18. The number of carbonyl (C=O) groups is 1. The number of alkyl halides is 1. The number of halogens is 2. The molecule has 0 spiro atoms. The van der Waals surface area contributed by atoms with Crippen LogP contribution in [0.5, 0.6) is 0 Å². The van der Waals surface area contributed by atoms with E-state index in [2.05, 4.69) is 43.8 Å². The van der Waals surface area contributed by atoms with Crippen molar-refractivity contribution in [2.75, 3.05) is 10.6 Å². The van der Waals surface area contributed by atoms with Crippen LogP contribution in [-0.4, -0.2) is 11.2 Å². The third kappa shape index (κ3) is 2.95. The van der Waals surface area contributed by atoms with Crippen molar-refractivity contribution in [3.05, 3.63) is 27.3 Å². The first-order chi connectivity index (χ1) is 6.15. The zero-order valence-corrected chi connectivity index (χ0v) is 10.8. The largest absolute Gasteiger partial charge is 0.325 e. The molecule has 1 N–H and O–H groups in total. The molecular formula is C9H9BrINO. The Bertz CT molecular complexity index is 327. The second-order valence-corrected chi connectivity index (χ2v) is 4.32. The lowest BCUT2D eigenvalue weighted by Crippen LogP contribution is -2.13. The molecule has 0 heterocycles. The summed E-state index contributed by atoms with van der Waals surface area (Å²) in [6.45, 7) is 1.99. The lowest BCUT2D eigenvalue weighted by molar-refractivity contribution is -0.113. The molecule has 0 aliphatic heterocycles. The van der Waals surface area contributed by atoms with E-state index in [1.165, 1.54) is 0 Å². The smallest absolute Gasteiger partial charge is 0.235 e. The van der Waals surface area contributed by atoms with E-state index in [4.69, 9.17) is 0 Å². The van der Waals surface area contributed by atoms with E-state index in [9.17, 15) is 4.79 Å². The summed E-state index contributed by atoms with van der Waals surface area (Å²) in [6, 6.07) is 5.84. The molecule has 0 aromatic heterocycles. The molecule has 0 saturated heterocycles. The van der Waals surface area contributed by atoms with Gasteiger partial charge in [0.25, 0.3) is 0 Å². The minimum Gasteiger partial charge on any atom is -0.325 e. The molecule has 0 bridgehead atoms. The van der Waals surface area contributed by atoms with E-state index in [0.717, 1.165) is 14.8 Å². The zero-order valence-electron chi connectivity index (χ0n) is 7.10. The monoisotopic (exact) mass is 353 g/mol. The van der Waals surface area contributed by atoms with Crippen molar-refractivity contribution >= 4 is 50.1 Å². The summed E-state index contributed by atoms with van der Waals surface area (Å²) in [4.78, 5) is 11.1. The summed E-state index contributed by atoms with van der Waals surface area (Å²) >= 11 is 5.35. The van der Waals surface area contributed by atoms with Crippen molar-refractivity contribution in [1.29, 1.82) is 0 Å². The van der Waals surface area contributed by atoms with Crippen LogP contribution in [0.15, 0.2) is 18.2 Å². The van der Waals surface area contributed by atoms with Gasteiger partial charge in [-0.15, -0.1) is 0 Å². The van der Waals surface area contributed by atoms with Gasteiger partial charge in [-0.05, 0) is 47.2 Å². The highest BCUT2D eigenvalue weighted by Gasteiger charge is 2.04. The van der Waals surface area contributed by atoms with Gasteiger partial charge in [0.1, 0.15) is 0 Å². The maximum atomic E-state index is 11.1. The molecule has 1 amide bonds. The maximum absolute atomic E-state index is 11.1. The highest BCUT2D eigenvalue weighted by atomic mass is 127. The van der Waals surface area contributed by atoms with Gasteiger partial charge in [-0.3, -0.25) is 4.79 Å². The van der Waals surface area contributed by atoms with Gasteiger partial charge < -0.3 is 5.32 Å². The molecule has 0 atom stereocenters. The van der Waals surface area contributed by atoms with Crippen LogP contribution in [0.3, 0.4) is 0 Å². The maximum Gasteiger partial charge on any atom is 0.235 e. The minimum absolute atomic E-state index is 0.0231. The predicted molar refractivity (Wildman–Crippen MR) is 66.3 cm³/mol. The molecule has 0 fully saturated rings. The fraction of sp³-hybridized carbons (Fsp3) is 0.222. The van der Waals surface area contributed by atoms with E-state index in [0.29, 0.717) is 5.33 Å². The molecule has 0 aliphatic rings. The molecule has 0 unspecified atom stereocenters. The highest BCUT2D eigenvalue weighted by Crippen LogP contribution is 2.20. The molecule has 4 heteroatoms. The zero-order chi connectivity index (χ0) is 9.84. The normalized spacial score (nSPS) is 9.77. The van der Waals surface area contributed by atoms with Crippen molar-refractivity contribution in [2.24, 2.45) is 0 Å². The van der Waals surface area contributed by atoms with Crippen LogP contribution in [0, 0.1) is 10.5 Å². The number of nitrogens with one attached hydrogen (secondary N) is 1. The summed E-state index contributed by atoms with van der Waals surface area (Å²) in [5.74, 6) is -0.0231. The second-order valence-electron chi connectivity index (χ2n) is 2.59. The Hall–Kier alpha value is -0.100. The van der Waals surface area contributed by atoms with Gasteiger partial charge in [0, 0.05) is 9.26 Å². The van der Waals surface area contributed by atoms with Gasteiger partial charge in [0.2, 0.25) is 5.91 Å². The average Bonchev–Trinajstić information content (AvgIpc) is 2.13. The molecule has 0 radical (unpaired) electrons. The Morgan fingerprint density at radius 1 is 1.62 bits per heavy atom. The standard InChI is InChI=1S/C9H9BrINO/c1-6-7(11)3-2-4-8(6)12-9(13)5-10/h2-4H,5H2,1H3,(H,12,13). The van der Waals surface area contributed by atoms with Gasteiger partial charge in [0.05, 0.1) is 5.33 Å². The third-order valence-corrected chi connectivity index (χ3v) is 3.34. The Morgan fingerprint density at radius 3 is 2.92 bits per heavy atom. The van der Waals surface area contributed by atoms with Crippen LogP contribution in [0.1, 0.15) is 5.56 Å². The minimum atomic E-state index is -0.0231. The first-order valence-electron chi connectivity index (χ1n) is 3.76. The van der Waals surface area contributed by atoms with Crippen molar-refractivity contribution in [3.63, 3.8) is 0 Å². The van der Waals surface area contributed by atoms with Gasteiger partial charge in [-0.2, -0.15) is 0 Å². The van der Waals surface area contributed by atoms with E-state index in [-0.39, 0.29) is 5.91 Å². The molecule has 1 aromatic rings. The van der Waals surface area contributed by atoms with E-state index < -0.39 is 0 Å². The highest BCUT2D eigenvalue weighted by molar-refractivity contribution is 14.1. The van der Waals surface area contributed by atoms with Crippen LogP contribution in [0.25, 0.3) is 0 Å². The quantitative estimate of drug-likeness (QED) is 0.642. The first-order valence-corrected chi connectivity index (χ1v) is 5.96. The van der Waals surface area contributed by atoms with Crippen molar-refractivity contribution in [1.82, 2.24) is 0 Å². The molecule has 2 nitrogen and oxygen atoms in total. The van der Waals surface area contributed by atoms with Crippen molar-refractivity contribution < 1.29 is 4.79 Å². The van der Waals surface area contributed by atoms with Gasteiger partial charge in [0.15, 0.2) is 0 Å². The summed E-state index contributed by atoms with van der Waals surface area (Å²) in [6.07, 6.45) is 0. The number of rotatable bonds is 2. The van der Waals surface area contributed by atoms with E-state index in [1.54, 1.807) is 0 Å². The van der Waals surface area contributed by atoms with Crippen LogP contribution in [0.4, 0.5) is 5.69 Å². The fourth-order valence-corrected chi connectivity index (χ4v) is 1.56. The van der Waals surface area contributed by atoms with Gasteiger partial charge in [-0.1, -0.05) is 22.0 Å². The Labute approximate surface area is 99.4 Å². The lowest BCUT2D eigenvalue weighted by atomic mass is 10.2. The molecule has 70 valence electrons. The van der Waals surface area contributed by atoms with Crippen molar-refractivity contribution in [3.8, 4) is 0 Å². The van der Waals surface area contributed by atoms with Gasteiger partial charge in [-0.25, -0.2) is 0 Å². The first kappa shape index (κ1) is 11.0. The topological polar surface area (TPSA) is 29.1 Å². The van der Waals surface area contributed by atoms with Crippen LogP contribution < -0.4 is 5.32 Å². The van der Waals surface area contributed by atoms with E-state index in [1.807, 2.05) is 25.1 Å². The average molecular weight is 354 g/mol. The van der Waals surface area contributed by atoms with Crippen LogP contribution in [-0.2, 0) is 4.79 Å². The number of anilines is 1. The number of benzene rings is 1. The lowest BCUT2D eigenvalue weighted by Gasteiger charge is -2.07.